The standard InChI is InChI=1S/C6H6O.C2H5.H2N.Zn/c7-6-4-2-1-3-5-6;1-2;;/h1-5,7H;1H2,2H3;1H2;/q;2*-1;+2. The second kappa shape index (κ2) is 12.3. The molecule has 0 atom stereocenters. The van der Waals surface area contributed by atoms with Gasteiger partial charge in [0.05, 0.1) is 0 Å². The van der Waals surface area contributed by atoms with Gasteiger partial charge in [0.25, 0.3) is 0 Å². The molecule has 1 aromatic carbocycles. The topological polar surface area (TPSA) is 53.7 Å². The minimum atomic E-state index is 0. The monoisotopic (exact) mass is 203 g/mol. The maximum atomic E-state index is 8.63. The van der Waals surface area contributed by atoms with E-state index in [-0.39, 0.29) is 25.6 Å². The van der Waals surface area contributed by atoms with Crippen molar-refractivity contribution in [1.29, 1.82) is 0 Å². The summed E-state index contributed by atoms with van der Waals surface area (Å²) < 4.78 is 0. The molecule has 0 saturated carbocycles. The van der Waals surface area contributed by atoms with Gasteiger partial charge >= 0.3 is 19.5 Å². The smallest absolute Gasteiger partial charge is 0.693 e. The third-order valence-electron chi connectivity index (χ3n) is 0.756. The fraction of sp³-hybridized carbons (Fsp3) is 0.125. The Morgan fingerprint density at radius 2 is 1.45 bits per heavy atom. The maximum Gasteiger partial charge on any atom is 2.00 e. The molecule has 2 nitrogen and oxygen atoms in total. The molecule has 3 heteroatoms. The Bertz CT molecular complexity index is 144. The first-order valence-corrected chi connectivity index (χ1v) is 2.84. The molecule has 11 heavy (non-hydrogen) atoms. The largest absolute Gasteiger partial charge is 2.00 e. The molecule has 0 unspecified atom stereocenters. The number of phenolic OH excluding ortho intramolecular Hbond substituents is 1. The first-order chi connectivity index (χ1) is 4.39. The molecule has 0 bridgehead atoms. The van der Waals surface area contributed by atoms with E-state index in [9.17, 15) is 0 Å². The first kappa shape index (κ1) is 16.9. The van der Waals surface area contributed by atoms with E-state index in [1.807, 2.05) is 6.07 Å². The third-order valence-corrected chi connectivity index (χ3v) is 0.756. The van der Waals surface area contributed by atoms with E-state index in [1.165, 1.54) is 0 Å². The minimum absolute atomic E-state index is 0. The number of phenols is 1. The average Bonchev–Trinajstić information content (AvgIpc) is 1.94. The van der Waals surface area contributed by atoms with Crippen molar-refractivity contribution in [3.05, 3.63) is 43.4 Å². The van der Waals surface area contributed by atoms with E-state index in [4.69, 9.17) is 5.11 Å². The summed E-state index contributed by atoms with van der Waals surface area (Å²) in [6.45, 7) is 5.00. The van der Waals surface area contributed by atoms with Crippen LogP contribution in [-0.4, -0.2) is 5.11 Å². The summed E-state index contributed by atoms with van der Waals surface area (Å²) in [6, 6.07) is 8.71. The Labute approximate surface area is 81.0 Å². The van der Waals surface area contributed by atoms with Crippen LogP contribution < -0.4 is 0 Å². The van der Waals surface area contributed by atoms with Gasteiger partial charge in [0.15, 0.2) is 0 Å². The Morgan fingerprint density at radius 1 is 1.09 bits per heavy atom. The molecule has 1 rings (SSSR count). The van der Waals surface area contributed by atoms with Crippen LogP contribution in [0, 0.1) is 6.92 Å². The summed E-state index contributed by atoms with van der Waals surface area (Å²) in [5, 5.41) is 8.63. The molecule has 1 aromatic rings. The van der Waals surface area contributed by atoms with Crippen LogP contribution in [0.4, 0.5) is 0 Å². The van der Waals surface area contributed by atoms with Crippen LogP contribution in [-0.2, 0) is 19.5 Å². The zero-order chi connectivity index (χ0) is 7.11. The summed E-state index contributed by atoms with van der Waals surface area (Å²) in [5.74, 6) is 0.322. The van der Waals surface area contributed by atoms with Gasteiger partial charge in [-0.2, -0.15) is 6.92 Å². The van der Waals surface area contributed by atoms with Crippen molar-refractivity contribution in [2.45, 2.75) is 6.92 Å². The first-order valence-electron chi connectivity index (χ1n) is 2.84. The number of rotatable bonds is 0. The summed E-state index contributed by atoms with van der Waals surface area (Å²) in [5.41, 5.74) is 0. The number of hydrogen-bond donors (Lipinski definition) is 1. The molecular weight excluding hydrogens is 191 g/mol. The predicted octanol–water partition coefficient (Wildman–Crippen LogP) is 2.95. The van der Waals surface area contributed by atoms with Crippen molar-refractivity contribution in [2.75, 3.05) is 0 Å². The number of para-hydroxylation sites is 1. The molecule has 0 radical (unpaired) electrons. The predicted molar refractivity (Wildman–Crippen MR) is 44.4 cm³/mol. The third kappa shape index (κ3) is 9.60. The summed E-state index contributed by atoms with van der Waals surface area (Å²) >= 11 is 0. The molecule has 58 valence electrons. The normalized spacial score (nSPS) is 6.00. The minimum Gasteiger partial charge on any atom is -0.693 e. The van der Waals surface area contributed by atoms with Crippen LogP contribution in [0.15, 0.2) is 30.3 Å². The van der Waals surface area contributed by atoms with Crippen LogP contribution in [0.1, 0.15) is 6.92 Å². The van der Waals surface area contributed by atoms with Gasteiger partial charge < -0.3 is 18.2 Å². The molecule has 3 N–H and O–H groups in total. The Kier molecular flexibility index (Phi) is 18.9. The molecule has 0 spiro atoms. The summed E-state index contributed by atoms with van der Waals surface area (Å²) in [7, 11) is 0. The van der Waals surface area contributed by atoms with Gasteiger partial charge in [-0.3, -0.25) is 0 Å². The molecule has 0 aliphatic rings. The van der Waals surface area contributed by atoms with Crippen LogP contribution in [0.3, 0.4) is 0 Å². The molecule has 0 fully saturated rings. The van der Waals surface area contributed by atoms with Gasteiger partial charge in [-0.05, 0) is 12.1 Å². The molecule has 0 amide bonds. The molecule has 0 aliphatic carbocycles. The van der Waals surface area contributed by atoms with E-state index in [0.717, 1.165) is 0 Å². The molecular formula is C8H13NOZn. The fourth-order valence-electron chi connectivity index (χ4n) is 0.428. The van der Waals surface area contributed by atoms with Crippen LogP contribution in [0.5, 0.6) is 5.75 Å². The second-order valence-electron chi connectivity index (χ2n) is 1.34. The van der Waals surface area contributed by atoms with Gasteiger partial charge in [-0.25, -0.2) is 0 Å². The van der Waals surface area contributed by atoms with Gasteiger partial charge in [0, 0.05) is 0 Å². The van der Waals surface area contributed by atoms with Crippen molar-refractivity contribution in [1.82, 2.24) is 0 Å². The van der Waals surface area contributed by atoms with E-state index in [2.05, 4.69) is 6.92 Å². The Hall–Kier alpha value is -0.397. The zero-order valence-electron chi connectivity index (χ0n) is 6.83. The van der Waals surface area contributed by atoms with Crippen molar-refractivity contribution in [2.24, 2.45) is 0 Å². The quantitative estimate of drug-likeness (QED) is 0.513. The number of benzene rings is 1. The van der Waals surface area contributed by atoms with Crippen molar-refractivity contribution >= 4 is 0 Å². The fourth-order valence-corrected chi connectivity index (χ4v) is 0.428. The second-order valence-corrected chi connectivity index (χ2v) is 1.34. The number of hydrogen-bond acceptors (Lipinski definition) is 1. The zero-order valence-corrected chi connectivity index (χ0v) is 9.79. The Morgan fingerprint density at radius 3 is 1.64 bits per heavy atom. The summed E-state index contributed by atoms with van der Waals surface area (Å²) in [6.07, 6.45) is 0. The van der Waals surface area contributed by atoms with E-state index >= 15 is 0 Å². The maximum absolute atomic E-state index is 8.63. The van der Waals surface area contributed by atoms with Gasteiger partial charge in [-0.1, -0.05) is 18.2 Å². The van der Waals surface area contributed by atoms with Crippen molar-refractivity contribution < 1.29 is 24.6 Å². The number of nitrogens with two attached hydrogens (primary N) is 1. The Balaban J connectivity index is -0.000000149. The molecule has 0 aromatic heterocycles. The SMILES string of the molecule is Oc1ccccc1.[CH2-]C.[NH2-].[Zn+2]. The van der Waals surface area contributed by atoms with Crippen molar-refractivity contribution in [3.63, 3.8) is 0 Å². The van der Waals surface area contributed by atoms with E-state index < -0.39 is 0 Å². The van der Waals surface area contributed by atoms with Crippen LogP contribution in [0.25, 0.3) is 6.15 Å². The van der Waals surface area contributed by atoms with Crippen molar-refractivity contribution in [3.8, 4) is 5.75 Å². The van der Waals surface area contributed by atoms with Crippen LogP contribution in [0.2, 0.25) is 0 Å². The van der Waals surface area contributed by atoms with E-state index in [1.54, 1.807) is 31.2 Å². The van der Waals surface area contributed by atoms with E-state index in [0.29, 0.717) is 5.75 Å². The molecule has 0 heterocycles. The van der Waals surface area contributed by atoms with Crippen LogP contribution >= 0.6 is 0 Å². The molecule has 0 saturated heterocycles. The average molecular weight is 205 g/mol. The number of aromatic hydroxyl groups is 1. The van der Waals surface area contributed by atoms with Gasteiger partial charge in [-0.15, -0.1) is 0 Å². The van der Waals surface area contributed by atoms with Gasteiger partial charge in [0.2, 0.25) is 0 Å². The van der Waals surface area contributed by atoms with Gasteiger partial charge in [0.1, 0.15) is 5.75 Å². The molecule has 0 aliphatic heterocycles. The summed E-state index contributed by atoms with van der Waals surface area (Å²) in [4.78, 5) is 0.